The molecule has 0 unspecified atom stereocenters. The predicted octanol–water partition coefficient (Wildman–Crippen LogP) is -0.128. The van der Waals surface area contributed by atoms with Crippen molar-refractivity contribution in [2.75, 3.05) is 20.2 Å². The highest BCUT2D eigenvalue weighted by molar-refractivity contribution is 5.76. The molecule has 0 aliphatic heterocycles. The van der Waals surface area contributed by atoms with Crippen molar-refractivity contribution in [2.24, 2.45) is 0 Å². The number of rotatable bonds is 5. The topological polar surface area (TPSA) is 67.4 Å². The van der Waals surface area contributed by atoms with E-state index in [2.05, 4.69) is 21.3 Å². The van der Waals surface area contributed by atoms with Gasteiger partial charge in [-0.2, -0.15) is 0 Å². The Morgan fingerprint density at radius 3 is 2.57 bits per heavy atom. The second kappa shape index (κ2) is 7.92. The van der Waals surface area contributed by atoms with Crippen molar-refractivity contribution in [1.29, 1.82) is 0 Å². The maximum atomic E-state index is 11.0. The number of hydrogen-bond donors (Lipinski definition) is 2. The number of nitrogens with one attached hydrogen (secondary N) is 2. The van der Waals surface area contributed by atoms with E-state index in [-0.39, 0.29) is 5.91 Å². The van der Waals surface area contributed by atoms with Gasteiger partial charge in [0.25, 0.3) is 0 Å². The molecule has 0 heterocycles. The van der Waals surface area contributed by atoms with Crippen LogP contribution in [0.2, 0.25) is 0 Å². The molecule has 0 fully saturated rings. The van der Waals surface area contributed by atoms with Crippen molar-refractivity contribution in [3.8, 4) is 12.3 Å². The summed E-state index contributed by atoms with van der Waals surface area (Å²) < 4.78 is 4.33. The summed E-state index contributed by atoms with van der Waals surface area (Å²) >= 11 is 0. The maximum Gasteiger partial charge on any atom is 0.406 e. The highest BCUT2D eigenvalue weighted by Crippen LogP contribution is 1.84. The number of alkyl carbamates (subject to hydrolysis) is 1. The van der Waals surface area contributed by atoms with Gasteiger partial charge in [0.15, 0.2) is 0 Å². The molecule has 78 valence electrons. The number of terminal acetylenes is 1. The molecular weight excluding hydrogens is 184 g/mol. The molecule has 5 nitrogen and oxygen atoms in total. The third kappa shape index (κ3) is 6.98. The molecular formula is C9H14N2O3. The van der Waals surface area contributed by atoms with Gasteiger partial charge >= 0.3 is 6.09 Å². The number of carbonyl (C=O) groups is 2. The Hall–Kier alpha value is -1.70. The van der Waals surface area contributed by atoms with Crippen LogP contribution in [0, 0.1) is 12.3 Å². The van der Waals surface area contributed by atoms with Crippen molar-refractivity contribution < 1.29 is 14.3 Å². The number of hydrogen-bond acceptors (Lipinski definition) is 3. The van der Waals surface area contributed by atoms with E-state index in [9.17, 15) is 9.59 Å². The van der Waals surface area contributed by atoms with Gasteiger partial charge in [-0.1, -0.05) is 0 Å². The summed E-state index contributed by atoms with van der Waals surface area (Å²) in [4.78, 5) is 21.5. The van der Waals surface area contributed by atoms with Crippen LogP contribution in [0.4, 0.5) is 4.79 Å². The first-order valence-electron chi connectivity index (χ1n) is 4.22. The van der Waals surface area contributed by atoms with Crippen LogP contribution in [0.3, 0.4) is 0 Å². The van der Waals surface area contributed by atoms with Crippen molar-refractivity contribution >= 4 is 12.0 Å². The third-order valence-corrected chi connectivity index (χ3v) is 1.40. The lowest BCUT2D eigenvalue weighted by atomic mass is 10.3. The van der Waals surface area contributed by atoms with E-state index in [0.717, 1.165) is 0 Å². The molecule has 0 spiro atoms. The lowest BCUT2D eigenvalue weighted by Crippen LogP contribution is -2.34. The second-order valence-corrected chi connectivity index (χ2v) is 2.47. The number of methoxy groups -OCH3 is 1. The number of carbonyl (C=O) groups excluding carboxylic acids is 2. The summed E-state index contributed by atoms with van der Waals surface area (Å²) in [5, 5.41) is 5.02. The lowest BCUT2D eigenvalue weighted by molar-refractivity contribution is -0.120. The lowest BCUT2D eigenvalue weighted by Gasteiger charge is -2.04. The summed E-state index contributed by atoms with van der Waals surface area (Å²) in [6.45, 7) is 0.715. The second-order valence-electron chi connectivity index (χ2n) is 2.47. The molecule has 2 amide bonds. The van der Waals surface area contributed by atoms with E-state index in [1.165, 1.54) is 7.11 Å². The van der Waals surface area contributed by atoms with Gasteiger partial charge in [0.2, 0.25) is 5.91 Å². The monoisotopic (exact) mass is 198 g/mol. The van der Waals surface area contributed by atoms with Crippen molar-refractivity contribution in [1.82, 2.24) is 10.6 Å². The van der Waals surface area contributed by atoms with E-state index in [1.54, 1.807) is 0 Å². The predicted molar refractivity (Wildman–Crippen MR) is 51.5 cm³/mol. The minimum atomic E-state index is -0.511. The molecule has 0 rings (SSSR count). The van der Waals surface area contributed by atoms with Gasteiger partial charge in [-0.3, -0.25) is 4.79 Å². The Balaban J connectivity index is 3.32. The van der Waals surface area contributed by atoms with Gasteiger partial charge in [-0.05, 0) is 0 Å². The minimum Gasteiger partial charge on any atom is -0.453 e. The van der Waals surface area contributed by atoms with Crippen molar-refractivity contribution in [3.05, 3.63) is 0 Å². The molecule has 2 N–H and O–H groups in total. The van der Waals surface area contributed by atoms with Crippen LogP contribution in [0.15, 0.2) is 0 Å². The zero-order valence-corrected chi connectivity index (χ0v) is 8.13. The zero-order chi connectivity index (χ0) is 10.8. The quantitative estimate of drug-likeness (QED) is 0.477. The van der Waals surface area contributed by atoms with E-state index >= 15 is 0 Å². The average molecular weight is 198 g/mol. The molecule has 0 saturated carbocycles. The first-order valence-corrected chi connectivity index (χ1v) is 4.22. The fraction of sp³-hybridized carbons (Fsp3) is 0.556. The highest BCUT2D eigenvalue weighted by Gasteiger charge is 1.99. The van der Waals surface area contributed by atoms with E-state index < -0.39 is 6.09 Å². The Kier molecular flexibility index (Phi) is 6.96. The van der Waals surface area contributed by atoms with Gasteiger partial charge in [-0.25, -0.2) is 4.79 Å². The van der Waals surface area contributed by atoms with Crippen LogP contribution < -0.4 is 10.6 Å². The fourth-order valence-electron chi connectivity index (χ4n) is 0.713. The van der Waals surface area contributed by atoms with Crippen LogP contribution in [-0.4, -0.2) is 32.2 Å². The molecule has 0 atom stereocenters. The molecule has 0 aliphatic carbocycles. The molecule has 0 saturated heterocycles. The molecule has 0 aromatic carbocycles. The molecule has 0 aromatic rings. The number of ether oxygens (including phenoxy) is 1. The first kappa shape index (κ1) is 12.3. The molecule has 0 bridgehead atoms. The summed E-state index contributed by atoms with van der Waals surface area (Å²) in [6, 6.07) is 0. The van der Waals surface area contributed by atoms with Gasteiger partial charge in [0.05, 0.1) is 7.11 Å². The van der Waals surface area contributed by atoms with Crippen molar-refractivity contribution in [3.63, 3.8) is 0 Å². The van der Waals surface area contributed by atoms with Gasteiger partial charge < -0.3 is 15.4 Å². The van der Waals surface area contributed by atoms with Gasteiger partial charge in [-0.15, -0.1) is 12.3 Å². The smallest absolute Gasteiger partial charge is 0.406 e. The summed E-state index contributed by atoms with van der Waals surface area (Å²) in [6.07, 6.45) is 5.22. The van der Waals surface area contributed by atoms with Crippen LogP contribution in [0.5, 0.6) is 0 Å². The van der Waals surface area contributed by atoms with Crippen molar-refractivity contribution in [2.45, 2.75) is 12.8 Å². The van der Waals surface area contributed by atoms with E-state index in [1.807, 2.05) is 0 Å². The summed E-state index contributed by atoms with van der Waals surface area (Å²) in [5.41, 5.74) is 0. The van der Waals surface area contributed by atoms with Crippen LogP contribution in [0.25, 0.3) is 0 Å². The molecule has 14 heavy (non-hydrogen) atoms. The Bertz CT molecular complexity index is 233. The van der Waals surface area contributed by atoms with Crippen LogP contribution in [0.1, 0.15) is 12.8 Å². The summed E-state index contributed by atoms with van der Waals surface area (Å²) in [5.74, 6) is 2.25. The SMILES string of the molecule is C#CCCC(=O)NCCNC(=O)OC. The molecule has 0 radical (unpaired) electrons. The highest BCUT2D eigenvalue weighted by atomic mass is 16.5. The largest absolute Gasteiger partial charge is 0.453 e. The van der Waals surface area contributed by atoms with E-state index in [4.69, 9.17) is 6.42 Å². The fourth-order valence-corrected chi connectivity index (χ4v) is 0.713. The Labute approximate surface area is 83.2 Å². The van der Waals surface area contributed by atoms with E-state index in [0.29, 0.717) is 25.9 Å². The maximum absolute atomic E-state index is 11.0. The summed E-state index contributed by atoms with van der Waals surface area (Å²) in [7, 11) is 1.28. The average Bonchev–Trinajstić information content (AvgIpc) is 2.21. The van der Waals surface area contributed by atoms with Crippen LogP contribution >= 0.6 is 0 Å². The molecule has 5 heteroatoms. The number of amides is 2. The van der Waals surface area contributed by atoms with Gasteiger partial charge in [0, 0.05) is 25.9 Å². The molecule has 0 aliphatic rings. The van der Waals surface area contributed by atoms with Crippen LogP contribution in [-0.2, 0) is 9.53 Å². The Morgan fingerprint density at radius 2 is 2.00 bits per heavy atom. The third-order valence-electron chi connectivity index (χ3n) is 1.40. The Morgan fingerprint density at radius 1 is 1.36 bits per heavy atom. The zero-order valence-electron chi connectivity index (χ0n) is 8.13. The van der Waals surface area contributed by atoms with Gasteiger partial charge in [0.1, 0.15) is 0 Å². The first-order chi connectivity index (χ1) is 6.70. The standard InChI is InChI=1S/C9H14N2O3/c1-3-4-5-8(12)10-6-7-11-9(13)14-2/h1H,4-7H2,2H3,(H,10,12)(H,11,13). The normalized spacial score (nSPS) is 8.57. The minimum absolute atomic E-state index is 0.116. The molecule has 0 aromatic heterocycles.